The van der Waals surface area contributed by atoms with E-state index in [1.165, 1.54) is 25.8 Å². The van der Waals surface area contributed by atoms with Crippen LogP contribution in [0.3, 0.4) is 0 Å². The summed E-state index contributed by atoms with van der Waals surface area (Å²) in [6, 6.07) is 4.70. The molecule has 0 aromatic carbocycles. The van der Waals surface area contributed by atoms with E-state index >= 15 is 0 Å². The summed E-state index contributed by atoms with van der Waals surface area (Å²) in [5.41, 5.74) is 0. The predicted octanol–water partition coefficient (Wildman–Crippen LogP) is 2.35. The number of likely N-dealkylation sites (tertiary alicyclic amines) is 1. The molecule has 1 aromatic heterocycles. The second-order valence-electron chi connectivity index (χ2n) is 6.85. The summed E-state index contributed by atoms with van der Waals surface area (Å²) in [7, 11) is 0. The fourth-order valence-electron chi connectivity index (χ4n) is 3.85. The molecule has 1 saturated carbocycles. The molecule has 1 aliphatic carbocycles. The molecule has 1 aromatic rings. The number of ether oxygens (including phenoxy) is 1. The van der Waals surface area contributed by atoms with Gasteiger partial charge in [-0.05, 0) is 43.7 Å². The maximum atomic E-state index is 6.09. The van der Waals surface area contributed by atoms with Gasteiger partial charge in [0.2, 0.25) is 0 Å². The normalized spacial score (nSPS) is 31.8. The van der Waals surface area contributed by atoms with Crippen LogP contribution in [0.1, 0.15) is 31.4 Å². The molecule has 4 rings (SSSR count). The van der Waals surface area contributed by atoms with Crippen LogP contribution >= 0.6 is 0 Å². The van der Waals surface area contributed by atoms with E-state index in [0.29, 0.717) is 12.1 Å². The van der Waals surface area contributed by atoms with E-state index in [1.54, 1.807) is 6.26 Å². The van der Waals surface area contributed by atoms with Gasteiger partial charge >= 0.3 is 0 Å². The topological polar surface area (TPSA) is 28.9 Å². The highest BCUT2D eigenvalue weighted by Gasteiger charge is 2.37. The zero-order valence-corrected chi connectivity index (χ0v) is 12.7. The summed E-state index contributed by atoms with van der Waals surface area (Å²) in [4.78, 5) is 5.25. The Hall–Kier alpha value is -0.840. The molecule has 0 amide bonds. The van der Waals surface area contributed by atoms with E-state index < -0.39 is 0 Å². The van der Waals surface area contributed by atoms with Gasteiger partial charge in [0, 0.05) is 32.2 Å². The van der Waals surface area contributed by atoms with Gasteiger partial charge in [-0.2, -0.15) is 0 Å². The molecule has 0 spiro atoms. The van der Waals surface area contributed by atoms with Gasteiger partial charge in [-0.15, -0.1) is 0 Å². The van der Waals surface area contributed by atoms with Gasteiger partial charge < -0.3 is 9.15 Å². The van der Waals surface area contributed by atoms with Crippen molar-refractivity contribution in [2.75, 3.05) is 32.8 Å². The Bertz CT molecular complexity index is 444. The second-order valence-corrected chi connectivity index (χ2v) is 6.85. The SMILES string of the molecule is c1coc(CN2CC[C@@H]3OCCN(CC4CC4)[C@@H]3CC2)c1. The van der Waals surface area contributed by atoms with E-state index in [9.17, 15) is 0 Å². The number of hydrogen-bond donors (Lipinski definition) is 0. The van der Waals surface area contributed by atoms with Crippen LogP contribution < -0.4 is 0 Å². The van der Waals surface area contributed by atoms with Gasteiger partial charge in [-0.25, -0.2) is 0 Å². The van der Waals surface area contributed by atoms with Crippen LogP contribution in [0.2, 0.25) is 0 Å². The molecule has 3 fully saturated rings. The second kappa shape index (κ2) is 6.11. The molecule has 2 atom stereocenters. The Labute approximate surface area is 127 Å². The summed E-state index contributed by atoms with van der Waals surface area (Å²) in [5, 5.41) is 0. The Morgan fingerprint density at radius 1 is 1.10 bits per heavy atom. The minimum absolute atomic E-state index is 0.444. The molecule has 116 valence electrons. The van der Waals surface area contributed by atoms with Gasteiger partial charge in [0.15, 0.2) is 0 Å². The van der Waals surface area contributed by atoms with Crippen molar-refractivity contribution in [3.8, 4) is 0 Å². The maximum absolute atomic E-state index is 6.09. The van der Waals surface area contributed by atoms with Crippen molar-refractivity contribution in [1.29, 1.82) is 0 Å². The first-order chi connectivity index (χ1) is 10.4. The molecular weight excluding hydrogens is 264 g/mol. The molecule has 4 nitrogen and oxygen atoms in total. The molecule has 0 radical (unpaired) electrons. The van der Waals surface area contributed by atoms with Crippen LogP contribution in [0.25, 0.3) is 0 Å². The lowest BCUT2D eigenvalue weighted by Crippen LogP contribution is -2.51. The van der Waals surface area contributed by atoms with Crippen molar-refractivity contribution in [1.82, 2.24) is 9.80 Å². The van der Waals surface area contributed by atoms with Crippen molar-refractivity contribution in [2.45, 2.75) is 44.4 Å². The fourth-order valence-corrected chi connectivity index (χ4v) is 3.85. The summed E-state index contributed by atoms with van der Waals surface area (Å²) in [5.74, 6) is 2.06. The quantitative estimate of drug-likeness (QED) is 0.851. The first kappa shape index (κ1) is 13.8. The third-order valence-corrected chi connectivity index (χ3v) is 5.23. The standard InChI is InChI=1S/C17H26N2O2/c1-2-15(20-10-1)13-18-7-5-16-17(6-8-18)21-11-9-19(16)12-14-3-4-14/h1-2,10,14,16-17H,3-9,11-13H2/t16-,17+/m1/s1. The van der Waals surface area contributed by atoms with Crippen LogP contribution in [0, 0.1) is 5.92 Å². The van der Waals surface area contributed by atoms with Crippen LogP contribution in [0.15, 0.2) is 22.8 Å². The number of nitrogens with zero attached hydrogens (tertiary/aromatic N) is 2. The predicted molar refractivity (Wildman–Crippen MR) is 81.0 cm³/mol. The van der Waals surface area contributed by atoms with Crippen LogP contribution in [0.5, 0.6) is 0 Å². The summed E-state index contributed by atoms with van der Waals surface area (Å²) in [6.45, 7) is 6.59. The smallest absolute Gasteiger partial charge is 0.117 e. The van der Waals surface area contributed by atoms with Crippen molar-refractivity contribution in [2.24, 2.45) is 5.92 Å². The minimum Gasteiger partial charge on any atom is -0.468 e. The number of morpholine rings is 1. The van der Waals surface area contributed by atoms with E-state index in [0.717, 1.165) is 50.9 Å². The molecule has 3 aliphatic rings. The van der Waals surface area contributed by atoms with Crippen LogP contribution in [-0.2, 0) is 11.3 Å². The summed E-state index contributed by atoms with van der Waals surface area (Å²) >= 11 is 0. The molecule has 0 N–H and O–H groups in total. The first-order valence-corrected chi connectivity index (χ1v) is 8.49. The molecule has 3 heterocycles. The van der Waals surface area contributed by atoms with Crippen molar-refractivity contribution >= 4 is 0 Å². The Morgan fingerprint density at radius 2 is 2.00 bits per heavy atom. The zero-order chi connectivity index (χ0) is 14.1. The average Bonchev–Trinajstić information content (AvgIpc) is 3.21. The van der Waals surface area contributed by atoms with Crippen LogP contribution in [0.4, 0.5) is 0 Å². The Morgan fingerprint density at radius 3 is 2.81 bits per heavy atom. The van der Waals surface area contributed by atoms with Crippen molar-refractivity contribution < 1.29 is 9.15 Å². The zero-order valence-electron chi connectivity index (χ0n) is 12.7. The van der Waals surface area contributed by atoms with Gasteiger partial charge in [-0.1, -0.05) is 0 Å². The fraction of sp³-hybridized carbons (Fsp3) is 0.765. The molecule has 0 unspecified atom stereocenters. The van der Waals surface area contributed by atoms with Gasteiger partial charge in [-0.3, -0.25) is 9.80 Å². The molecule has 0 bridgehead atoms. The van der Waals surface area contributed by atoms with E-state index in [-0.39, 0.29) is 0 Å². The number of hydrogen-bond acceptors (Lipinski definition) is 4. The minimum atomic E-state index is 0.444. The van der Waals surface area contributed by atoms with Crippen molar-refractivity contribution in [3.63, 3.8) is 0 Å². The highest BCUT2D eigenvalue weighted by atomic mass is 16.5. The lowest BCUT2D eigenvalue weighted by atomic mass is 10.0. The summed E-state index contributed by atoms with van der Waals surface area (Å²) in [6.07, 6.45) is 7.50. The number of furan rings is 1. The average molecular weight is 290 g/mol. The third kappa shape index (κ3) is 3.33. The monoisotopic (exact) mass is 290 g/mol. The molecule has 2 saturated heterocycles. The van der Waals surface area contributed by atoms with Gasteiger partial charge in [0.1, 0.15) is 5.76 Å². The maximum Gasteiger partial charge on any atom is 0.117 e. The van der Waals surface area contributed by atoms with E-state index in [1.807, 2.05) is 6.07 Å². The van der Waals surface area contributed by atoms with Gasteiger partial charge in [0.05, 0.1) is 25.5 Å². The highest BCUT2D eigenvalue weighted by Crippen LogP contribution is 2.33. The number of fused-ring (bicyclic) bond motifs is 1. The van der Waals surface area contributed by atoms with E-state index in [4.69, 9.17) is 9.15 Å². The summed E-state index contributed by atoms with van der Waals surface area (Å²) < 4.78 is 11.6. The van der Waals surface area contributed by atoms with E-state index in [2.05, 4.69) is 15.9 Å². The molecule has 21 heavy (non-hydrogen) atoms. The Kier molecular flexibility index (Phi) is 4.01. The van der Waals surface area contributed by atoms with Crippen molar-refractivity contribution in [3.05, 3.63) is 24.2 Å². The number of rotatable bonds is 4. The Balaban J connectivity index is 1.38. The molecule has 2 aliphatic heterocycles. The molecule has 4 heteroatoms. The largest absolute Gasteiger partial charge is 0.468 e. The molecular formula is C17H26N2O2. The highest BCUT2D eigenvalue weighted by molar-refractivity contribution is 4.99. The third-order valence-electron chi connectivity index (χ3n) is 5.23. The lowest BCUT2D eigenvalue weighted by Gasteiger charge is -2.40. The van der Waals surface area contributed by atoms with Gasteiger partial charge in [0.25, 0.3) is 0 Å². The lowest BCUT2D eigenvalue weighted by molar-refractivity contribution is -0.0727. The van der Waals surface area contributed by atoms with Crippen LogP contribution in [-0.4, -0.2) is 54.7 Å². The first-order valence-electron chi connectivity index (χ1n) is 8.49.